The molecule has 2 heterocycles. The Labute approximate surface area is 116 Å². The molecule has 8 heteroatoms. The number of imidazole rings is 1. The molecule has 0 unspecified atom stereocenters. The van der Waals surface area contributed by atoms with Crippen molar-refractivity contribution in [1.82, 2.24) is 14.5 Å². The van der Waals surface area contributed by atoms with E-state index < -0.39 is 17.5 Å². The average Bonchev–Trinajstić information content (AvgIpc) is 2.79. The first kappa shape index (κ1) is 13.2. The molecule has 0 bridgehead atoms. The zero-order valence-electron chi connectivity index (χ0n) is 10.8. The molecular formula is C13H9F3N4O. The van der Waals surface area contributed by atoms with E-state index in [1.165, 1.54) is 11.7 Å². The minimum absolute atomic E-state index is 0.0212. The number of pyridine rings is 1. The fourth-order valence-corrected chi connectivity index (χ4v) is 2.00. The van der Waals surface area contributed by atoms with E-state index in [1.807, 2.05) is 0 Å². The highest BCUT2D eigenvalue weighted by Crippen LogP contribution is 2.25. The second-order valence-corrected chi connectivity index (χ2v) is 4.23. The van der Waals surface area contributed by atoms with Gasteiger partial charge in [-0.15, -0.1) is 0 Å². The molecule has 0 aliphatic carbocycles. The molecule has 0 fully saturated rings. The van der Waals surface area contributed by atoms with Gasteiger partial charge in [-0.1, -0.05) is 0 Å². The molecule has 0 saturated carbocycles. The van der Waals surface area contributed by atoms with Crippen LogP contribution in [0.3, 0.4) is 0 Å². The number of ether oxygens (including phenoxy) is 1. The van der Waals surface area contributed by atoms with E-state index in [4.69, 9.17) is 10.5 Å². The summed E-state index contributed by atoms with van der Waals surface area (Å²) in [6.45, 7) is 0. The van der Waals surface area contributed by atoms with E-state index in [2.05, 4.69) is 9.97 Å². The van der Waals surface area contributed by atoms with Gasteiger partial charge < -0.3 is 10.5 Å². The van der Waals surface area contributed by atoms with Gasteiger partial charge in [0.25, 0.3) is 0 Å². The molecule has 0 aliphatic heterocycles. The number of methoxy groups -OCH3 is 1. The van der Waals surface area contributed by atoms with E-state index in [1.54, 1.807) is 12.1 Å². The molecule has 0 saturated heterocycles. The SMILES string of the molecule is COc1ccc2nc(N)n(-c3cc(F)c(F)c(F)c3)c2n1. The summed E-state index contributed by atoms with van der Waals surface area (Å²) < 4.78 is 46.0. The first-order chi connectivity index (χ1) is 10.0. The van der Waals surface area contributed by atoms with Gasteiger partial charge in [0.05, 0.1) is 12.8 Å². The second kappa shape index (κ2) is 4.65. The predicted molar refractivity (Wildman–Crippen MR) is 69.7 cm³/mol. The van der Waals surface area contributed by atoms with Crippen molar-refractivity contribution in [2.75, 3.05) is 12.8 Å². The summed E-state index contributed by atoms with van der Waals surface area (Å²) in [7, 11) is 1.43. The number of hydrogen-bond donors (Lipinski definition) is 1. The largest absolute Gasteiger partial charge is 0.481 e. The summed E-state index contributed by atoms with van der Waals surface area (Å²) in [6.07, 6.45) is 0. The van der Waals surface area contributed by atoms with Crippen LogP contribution in [0.4, 0.5) is 19.1 Å². The normalized spacial score (nSPS) is 11.0. The number of hydrogen-bond acceptors (Lipinski definition) is 4. The van der Waals surface area contributed by atoms with Crippen molar-refractivity contribution in [1.29, 1.82) is 0 Å². The molecule has 0 aliphatic rings. The van der Waals surface area contributed by atoms with Crippen LogP contribution < -0.4 is 10.5 Å². The molecule has 5 nitrogen and oxygen atoms in total. The second-order valence-electron chi connectivity index (χ2n) is 4.23. The lowest BCUT2D eigenvalue weighted by molar-refractivity contribution is 0.399. The highest BCUT2D eigenvalue weighted by Gasteiger charge is 2.17. The summed E-state index contributed by atoms with van der Waals surface area (Å²) in [6, 6.07) is 4.81. The molecule has 0 atom stereocenters. The number of nitrogen functional groups attached to an aromatic ring is 1. The zero-order valence-corrected chi connectivity index (χ0v) is 10.8. The maximum absolute atomic E-state index is 13.4. The number of aromatic nitrogens is 3. The van der Waals surface area contributed by atoms with Crippen molar-refractivity contribution >= 4 is 17.1 Å². The van der Waals surface area contributed by atoms with Gasteiger partial charge in [0.2, 0.25) is 11.8 Å². The predicted octanol–water partition coefficient (Wildman–Crippen LogP) is 2.43. The molecule has 0 spiro atoms. The maximum Gasteiger partial charge on any atom is 0.215 e. The lowest BCUT2D eigenvalue weighted by atomic mass is 10.3. The molecule has 1 aromatic carbocycles. The van der Waals surface area contributed by atoms with E-state index in [0.717, 1.165) is 12.1 Å². The van der Waals surface area contributed by atoms with Gasteiger partial charge in [0.15, 0.2) is 23.1 Å². The molecule has 2 aromatic heterocycles. The van der Waals surface area contributed by atoms with Crippen molar-refractivity contribution in [3.8, 4) is 11.6 Å². The van der Waals surface area contributed by atoms with Crippen molar-refractivity contribution in [2.45, 2.75) is 0 Å². The van der Waals surface area contributed by atoms with Crippen LogP contribution in [-0.4, -0.2) is 21.6 Å². The number of rotatable bonds is 2. The number of nitrogens with two attached hydrogens (primary N) is 1. The lowest BCUT2D eigenvalue weighted by Gasteiger charge is -2.07. The maximum atomic E-state index is 13.4. The minimum Gasteiger partial charge on any atom is -0.481 e. The van der Waals surface area contributed by atoms with Crippen LogP contribution in [0.15, 0.2) is 24.3 Å². The van der Waals surface area contributed by atoms with Crippen molar-refractivity contribution < 1.29 is 17.9 Å². The number of halogens is 3. The summed E-state index contributed by atoms with van der Waals surface area (Å²) in [5.74, 6) is -3.95. The Morgan fingerprint density at radius 2 is 1.76 bits per heavy atom. The third-order valence-electron chi connectivity index (χ3n) is 2.94. The quantitative estimate of drug-likeness (QED) is 0.737. The first-order valence-electron chi connectivity index (χ1n) is 5.85. The molecule has 0 radical (unpaired) electrons. The third kappa shape index (κ3) is 2.04. The third-order valence-corrected chi connectivity index (χ3v) is 2.94. The first-order valence-corrected chi connectivity index (χ1v) is 5.85. The van der Waals surface area contributed by atoms with Crippen molar-refractivity contribution in [3.63, 3.8) is 0 Å². The van der Waals surface area contributed by atoms with Crippen molar-refractivity contribution in [2.24, 2.45) is 0 Å². The molecule has 21 heavy (non-hydrogen) atoms. The van der Waals surface area contributed by atoms with Crippen LogP contribution in [-0.2, 0) is 0 Å². The minimum atomic E-state index is -1.55. The van der Waals surface area contributed by atoms with Crippen LogP contribution in [0.2, 0.25) is 0 Å². The standard InChI is InChI=1S/C13H9F3N4O/c1-21-10-3-2-9-12(19-10)20(13(17)18-9)6-4-7(14)11(16)8(15)5-6/h2-5H,1H3,(H2,17,18). The number of nitrogens with zero attached hydrogens (tertiary/aromatic N) is 3. The summed E-state index contributed by atoms with van der Waals surface area (Å²) in [5.41, 5.74) is 6.39. The van der Waals surface area contributed by atoms with Gasteiger partial charge in [0.1, 0.15) is 5.52 Å². The number of anilines is 1. The Balaban J connectivity index is 2.31. The molecule has 3 aromatic rings. The van der Waals surface area contributed by atoms with Crippen LogP contribution in [0.5, 0.6) is 5.88 Å². The van der Waals surface area contributed by atoms with Crippen molar-refractivity contribution in [3.05, 3.63) is 41.7 Å². The fourth-order valence-electron chi connectivity index (χ4n) is 2.00. The Morgan fingerprint density at radius 3 is 2.38 bits per heavy atom. The Hall–Kier alpha value is -2.77. The lowest BCUT2D eigenvalue weighted by Crippen LogP contribution is -2.04. The highest BCUT2D eigenvalue weighted by molar-refractivity contribution is 5.77. The van der Waals surface area contributed by atoms with Gasteiger partial charge in [0, 0.05) is 18.2 Å². The van der Waals surface area contributed by atoms with Gasteiger partial charge >= 0.3 is 0 Å². The van der Waals surface area contributed by atoms with E-state index >= 15 is 0 Å². The van der Waals surface area contributed by atoms with E-state index in [-0.39, 0.29) is 23.2 Å². The summed E-state index contributed by atoms with van der Waals surface area (Å²) in [4.78, 5) is 8.16. The molecule has 108 valence electrons. The average molecular weight is 294 g/mol. The van der Waals surface area contributed by atoms with Crippen LogP contribution in [0, 0.1) is 17.5 Å². The number of benzene rings is 1. The summed E-state index contributed by atoms with van der Waals surface area (Å²) >= 11 is 0. The molecule has 2 N–H and O–H groups in total. The molecular weight excluding hydrogens is 285 g/mol. The molecule has 3 rings (SSSR count). The van der Waals surface area contributed by atoms with Crippen LogP contribution in [0.1, 0.15) is 0 Å². The highest BCUT2D eigenvalue weighted by atomic mass is 19.2. The van der Waals surface area contributed by atoms with E-state index in [9.17, 15) is 13.2 Å². The topological polar surface area (TPSA) is 66.0 Å². The molecule has 0 amide bonds. The van der Waals surface area contributed by atoms with Gasteiger partial charge in [-0.05, 0) is 6.07 Å². The van der Waals surface area contributed by atoms with Gasteiger partial charge in [-0.2, -0.15) is 4.98 Å². The summed E-state index contributed by atoms with van der Waals surface area (Å²) in [5, 5.41) is 0. The zero-order chi connectivity index (χ0) is 15.1. The van der Waals surface area contributed by atoms with Gasteiger partial charge in [-0.3, -0.25) is 4.57 Å². The van der Waals surface area contributed by atoms with E-state index in [0.29, 0.717) is 5.52 Å². The number of fused-ring (bicyclic) bond motifs is 1. The van der Waals surface area contributed by atoms with Crippen LogP contribution >= 0.6 is 0 Å². The Bertz CT molecular complexity index is 824. The Kier molecular flexibility index (Phi) is 2.93. The monoisotopic (exact) mass is 294 g/mol. The van der Waals surface area contributed by atoms with Gasteiger partial charge in [-0.25, -0.2) is 18.2 Å². The smallest absolute Gasteiger partial charge is 0.215 e. The fraction of sp³-hybridized carbons (Fsp3) is 0.0769. The Morgan fingerprint density at radius 1 is 1.10 bits per heavy atom. The van der Waals surface area contributed by atoms with Crippen LogP contribution in [0.25, 0.3) is 16.9 Å².